The molecule has 0 aliphatic heterocycles. The summed E-state index contributed by atoms with van der Waals surface area (Å²) in [5.41, 5.74) is 0.287. The maximum absolute atomic E-state index is 12.0. The average Bonchev–Trinajstić information content (AvgIpc) is 2.47. The minimum absolute atomic E-state index is 0.0188. The van der Waals surface area contributed by atoms with Crippen molar-refractivity contribution in [3.8, 4) is 28.6 Å². The number of rotatable bonds is 1. The second kappa shape index (κ2) is 6.85. The lowest BCUT2D eigenvalue weighted by Crippen LogP contribution is -2.00. The van der Waals surface area contributed by atoms with Gasteiger partial charge in [0, 0.05) is 38.0 Å². The van der Waals surface area contributed by atoms with Crippen LogP contribution in [0.4, 0.5) is 0 Å². The molecule has 0 aliphatic carbocycles. The fourth-order valence-electron chi connectivity index (χ4n) is 2.02. The lowest BCUT2D eigenvalue weighted by Gasteiger charge is -2.05. The molecule has 6 heteroatoms. The van der Waals surface area contributed by atoms with E-state index < -0.39 is 5.43 Å². The Labute approximate surface area is 131 Å². The second-order valence-electron chi connectivity index (χ2n) is 4.77. The molecule has 1 aromatic heterocycles. The molecule has 0 saturated heterocycles. The second-order valence-corrected chi connectivity index (χ2v) is 4.77. The van der Waals surface area contributed by atoms with E-state index >= 15 is 0 Å². The molecule has 0 spiro atoms. The highest BCUT2D eigenvalue weighted by Crippen LogP contribution is 2.30. The summed E-state index contributed by atoms with van der Waals surface area (Å²) in [7, 11) is 3.25. The molecular formula is C17H16O6. The Morgan fingerprint density at radius 2 is 1.52 bits per heavy atom. The van der Waals surface area contributed by atoms with E-state index in [4.69, 9.17) is 4.42 Å². The van der Waals surface area contributed by atoms with Crippen molar-refractivity contribution in [1.82, 2.24) is 0 Å². The lowest BCUT2D eigenvalue weighted by molar-refractivity contribution is 0.277. The highest BCUT2D eigenvalue weighted by Gasteiger charge is 2.12. The lowest BCUT2D eigenvalue weighted by atomic mass is 10.1. The van der Waals surface area contributed by atoms with Gasteiger partial charge in [-0.25, -0.2) is 0 Å². The predicted molar refractivity (Wildman–Crippen MR) is 85.8 cm³/mol. The Kier molecular flexibility index (Phi) is 4.88. The number of ether oxygens (including phenoxy) is 1. The van der Waals surface area contributed by atoms with Crippen molar-refractivity contribution in [1.29, 1.82) is 0 Å². The Morgan fingerprint density at radius 1 is 0.913 bits per heavy atom. The molecule has 0 bridgehead atoms. The third kappa shape index (κ3) is 3.61. The Morgan fingerprint density at radius 3 is 2.13 bits per heavy atom. The summed E-state index contributed by atoms with van der Waals surface area (Å²) in [5.74, 6) is -0.133. The van der Waals surface area contributed by atoms with Crippen LogP contribution in [0, 0.1) is 0 Å². The fourth-order valence-corrected chi connectivity index (χ4v) is 2.02. The topological polar surface area (TPSA) is 100 Å². The van der Waals surface area contributed by atoms with Crippen LogP contribution in [-0.4, -0.2) is 29.5 Å². The van der Waals surface area contributed by atoms with Crippen molar-refractivity contribution in [2.45, 2.75) is 0 Å². The molecule has 0 atom stereocenters. The molecule has 0 radical (unpaired) electrons. The van der Waals surface area contributed by atoms with Crippen molar-refractivity contribution in [3.05, 3.63) is 52.7 Å². The highest BCUT2D eigenvalue weighted by molar-refractivity contribution is 5.85. The van der Waals surface area contributed by atoms with Crippen LogP contribution in [0.3, 0.4) is 0 Å². The SMILES string of the molecule is COC.O=c1cc(-c2ccc(O)cc2)oc2cc(O)cc(O)c12. The molecular weight excluding hydrogens is 300 g/mol. The van der Waals surface area contributed by atoms with Crippen LogP contribution >= 0.6 is 0 Å². The average molecular weight is 316 g/mol. The third-order valence-corrected chi connectivity index (χ3v) is 2.95. The van der Waals surface area contributed by atoms with Crippen molar-refractivity contribution in [2.75, 3.05) is 14.2 Å². The summed E-state index contributed by atoms with van der Waals surface area (Å²) in [5, 5.41) is 28.4. The summed E-state index contributed by atoms with van der Waals surface area (Å²) in [6.45, 7) is 0. The molecule has 0 unspecified atom stereocenters. The van der Waals surface area contributed by atoms with E-state index in [2.05, 4.69) is 4.74 Å². The van der Waals surface area contributed by atoms with Gasteiger partial charge in [0.05, 0.1) is 0 Å². The van der Waals surface area contributed by atoms with Crippen LogP contribution in [0.15, 0.2) is 51.7 Å². The van der Waals surface area contributed by atoms with Gasteiger partial charge in [-0.1, -0.05) is 0 Å². The zero-order chi connectivity index (χ0) is 17.0. The number of hydrogen-bond donors (Lipinski definition) is 3. The molecule has 0 fully saturated rings. The van der Waals surface area contributed by atoms with Crippen LogP contribution in [-0.2, 0) is 4.74 Å². The molecule has 2 aromatic carbocycles. The smallest absolute Gasteiger partial charge is 0.197 e. The van der Waals surface area contributed by atoms with Gasteiger partial charge in [-0.05, 0) is 24.3 Å². The molecule has 0 aliphatic rings. The quantitative estimate of drug-likeness (QED) is 0.638. The summed E-state index contributed by atoms with van der Waals surface area (Å²) in [4.78, 5) is 12.0. The molecule has 3 aromatic rings. The first-order valence-corrected chi connectivity index (χ1v) is 6.65. The van der Waals surface area contributed by atoms with Crippen molar-refractivity contribution in [3.63, 3.8) is 0 Å². The molecule has 3 N–H and O–H groups in total. The zero-order valence-electron chi connectivity index (χ0n) is 12.6. The van der Waals surface area contributed by atoms with Crippen LogP contribution < -0.4 is 5.43 Å². The van der Waals surface area contributed by atoms with Gasteiger partial charge in [0.1, 0.15) is 34.0 Å². The summed E-state index contributed by atoms with van der Waals surface area (Å²) >= 11 is 0. The first-order chi connectivity index (χ1) is 11.0. The van der Waals surface area contributed by atoms with Gasteiger partial charge in [0.25, 0.3) is 0 Å². The van der Waals surface area contributed by atoms with Gasteiger partial charge in [0.2, 0.25) is 0 Å². The molecule has 6 nitrogen and oxygen atoms in total. The minimum atomic E-state index is -0.410. The number of phenols is 3. The van der Waals surface area contributed by atoms with E-state index in [1.807, 2.05) is 0 Å². The normalized spacial score (nSPS) is 10.2. The van der Waals surface area contributed by atoms with Crippen LogP contribution in [0.5, 0.6) is 17.2 Å². The number of aromatic hydroxyl groups is 3. The van der Waals surface area contributed by atoms with E-state index in [0.717, 1.165) is 6.07 Å². The number of phenolic OH excluding ortho intramolecular Hbond substituents is 3. The first kappa shape index (κ1) is 16.4. The largest absolute Gasteiger partial charge is 0.508 e. The fraction of sp³-hybridized carbons (Fsp3) is 0.118. The van der Waals surface area contributed by atoms with Crippen LogP contribution in [0.1, 0.15) is 0 Å². The first-order valence-electron chi connectivity index (χ1n) is 6.65. The maximum atomic E-state index is 12.0. The van der Waals surface area contributed by atoms with E-state index in [9.17, 15) is 20.1 Å². The third-order valence-electron chi connectivity index (χ3n) is 2.95. The van der Waals surface area contributed by atoms with Gasteiger partial charge in [-0.3, -0.25) is 4.79 Å². The number of methoxy groups -OCH3 is 1. The van der Waals surface area contributed by atoms with E-state index in [0.29, 0.717) is 5.56 Å². The van der Waals surface area contributed by atoms with Gasteiger partial charge >= 0.3 is 0 Å². The summed E-state index contributed by atoms with van der Waals surface area (Å²) in [6, 6.07) is 9.74. The Bertz CT molecular complexity index is 865. The summed E-state index contributed by atoms with van der Waals surface area (Å²) < 4.78 is 9.78. The van der Waals surface area contributed by atoms with E-state index in [-0.39, 0.29) is 34.0 Å². The zero-order valence-corrected chi connectivity index (χ0v) is 12.6. The van der Waals surface area contributed by atoms with Crippen molar-refractivity contribution >= 4 is 11.0 Å². The Balaban J connectivity index is 0.000000595. The minimum Gasteiger partial charge on any atom is -0.508 e. The number of benzene rings is 2. The maximum Gasteiger partial charge on any atom is 0.197 e. The number of hydrogen-bond acceptors (Lipinski definition) is 6. The van der Waals surface area contributed by atoms with Crippen LogP contribution in [0.2, 0.25) is 0 Å². The molecule has 120 valence electrons. The van der Waals surface area contributed by atoms with Crippen LogP contribution in [0.25, 0.3) is 22.3 Å². The number of fused-ring (bicyclic) bond motifs is 1. The standard InChI is InChI=1S/C15H10O5.C2H6O/c16-9-3-1-8(2-4-9)13-7-12(19)15-11(18)5-10(17)6-14(15)20-13;1-3-2/h1-7,16-18H;1-2H3. The monoisotopic (exact) mass is 316 g/mol. The molecule has 1 heterocycles. The van der Waals surface area contributed by atoms with E-state index in [1.54, 1.807) is 26.4 Å². The Hall–Kier alpha value is -2.99. The highest BCUT2D eigenvalue weighted by atomic mass is 16.4. The summed E-state index contributed by atoms with van der Waals surface area (Å²) in [6.07, 6.45) is 0. The van der Waals surface area contributed by atoms with Gasteiger partial charge in [0.15, 0.2) is 5.43 Å². The molecule has 0 amide bonds. The molecule has 3 rings (SSSR count). The molecule has 23 heavy (non-hydrogen) atoms. The van der Waals surface area contributed by atoms with Crippen molar-refractivity contribution in [2.24, 2.45) is 0 Å². The van der Waals surface area contributed by atoms with Gasteiger partial charge < -0.3 is 24.5 Å². The van der Waals surface area contributed by atoms with Crippen molar-refractivity contribution < 1.29 is 24.5 Å². The predicted octanol–water partition coefficient (Wildman–Crippen LogP) is 2.84. The van der Waals surface area contributed by atoms with E-state index in [1.165, 1.54) is 24.3 Å². The molecule has 0 saturated carbocycles. The van der Waals surface area contributed by atoms with Gasteiger partial charge in [-0.2, -0.15) is 0 Å². The van der Waals surface area contributed by atoms with Gasteiger partial charge in [-0.15, -0.1) is 0 Å².